The third kappa shape index (κ3) is 3.07. The minimum atomic E-state index is -1.31. The van der Waals surface area contributed by atoms with E-state index < -0.39 is 11.8 Å². The highest BCUT2D eigenvalue weighted by Crippen LogP contribution is 2.16. The molecule has 0 bridgehead atoms. The van der Waals surface area contributed by atoms with Gasteiger partial charge >= 0.3 is 5.97 Å². The lowest BCUT2D eigenvalue weighted by molar-refractivity contribution is 0.0692. The maximum absolute atomic E-state index is 13.8. The second-order valence-corrected chi connectivity index (χ2v) is 4.17. The summed E-state index contributed by atoms with van der Waals surface area (Å²) in [6.07, 6.45) is 1.27. The molecule has 1 heterocycles. The van der Waals surface area contributed by atoms with Crippen LogP contribution in [0.3, 0.4) is 0 Å². The molecular weight excluding hydrogens is 247 g/mol. The molecule has 0 spiro atoms. The summed E-state index contributed by atoms with van der Waals surface area (Å²) in [5, 5.41) is 11.6. The molecule has 0 aliphatic heterocycles. The van der Waals surface area contributed by atoms with Crippen LogP contribution < -0.4 is 5.32 Å². The second-order valence-electron chi connectivity index (χ2n) is 4.17. The van der Waals surface area contributed by atoms with Crippen molar-refractivity contribution in [3.8, 4) is 0 Å². The van der Waals surface area contributed by atoms with E-state index in [-0.39, 0.29) is 11.4 Å². The molecule has 19 heavy (non-hydrogen) atoms. The van der Waals surface area contributed by atoms with Gasteiger partial charge in [0.1, 0.15) is 5.56 Å². The summed E-state index contributed by atoms with van der Waals surface area (Å²) < 4.78 is 13.8. The van der Waals surface area contributed by atoms with Crippen molar-refractivity contribution in [3.05, 3.63) is 59.0 Å². The van der Waals surface area contributed by atoms with E-state index in [1.165, 1.54) is 6.20 Å². The molecule has 2 aromatic rings. The monoisotopic (exact) mass is 260 g/mol. The summed E-state index contributed by atoms with van der Waals surface area (Å²) in [5.41, 5.74) is 1.69. The number of aromatic carboxylic acids is 1. The van der Waals surface area contributed by atoms with Gasteiger partial charge in [0.05, 0.1) is 0 Å². The van der Waals surface area contributed by atoms with Crippen LogP contribution in [0.2, 0.25) is 0 Å². The first kappa shape index (κ1) is 13.0. The molecule has 0 aliphatic carbocycles. The number of nitrogens with zero attached hydrogens (tertiary/aromatic N) is 1. The normalized spacial score (nSPS) is 10.2. The van der Waals surface area contributed by atoms with Gasteiger partial charge in [0, 0.05) is 12.7 Å². The molecule has 0 amide bonds. The molecule has 0 fully saturated rings. The molecule has 0 atom stereocenters. The maximum atomic E-state index is 13.8. The second kappa shape index (κ2) is 5.48. The number of aromatic nitrogens is 1. The first-order valence-corrected chi connectivity index (χ1v) is 5.75. The van der Waals surface area contributed by atoms with Crippen molar-refractivity contribution in [1.82, 2.24) is 4.98 Å². The highest BCUT2D eigenvalue weighted by atomic mass is 19.1. The Morgan fingerprint density at radius 2 is 2.21 bits per heavy atom. The van der Waals surface area contributed by atoms with Gasteiger partial charge in [-0.25, -0.2) is 14.2 Å². The fourth-order valence-electron chi connectivity index (χ4n) is 1.74. The van der Waals surface area contributed by atoms with Crippen LogP contribution >= 0.6 is 0 Å². The zero-order chi connectivity index (χ0) is 13.8. The highest BCUT2D eigenvalue weighted by molar-refractivity contribution is 5.88. The number of rotatable bonds is 4. The van der Waals surface area contributed by atoms with Crippen molar-refractivity contribution in [1.29, 1.82) is 0 Å². The van der Waals surface area contributed by atoms with E-state index in [2.05, 4.69) is 10.3 Å². The summed E-state index contributed by atoms with van der Waals surface area (Å²) in [7, 11) is 0. The highest BCUT2D eigenvalue weighted by Gasteiger charge is 2.14. The van der Waals surface area contributed by atoms with Crippen LogP contribution in [0.15, 0.2) is 36.5 Å². The molecule has 0 aliphatic rings. The van der Waals surface area contributed by atoms with Crippen molar-refractivity contribution in [2.45, 2.75) is 13.5 Å². The first-order chi connectivity index (χ1) is 9.08. The average molecular weight is 260 g/mol. The van der Waals surface area contributed by atoms with E-state index in [0.29, 0.717) is 6.54 Å². The molecule has 2 N–H and O–H groups in total. The van der Waals surface area contributed by atoms with Gasteiger partial charge < -0.3 is 10.4 Å². The number of halogens is 1. The van der Waals surface area contributed by atoms with E-state index in [0.717, 1.165) is 17.2 Å². The number of nitrogens with one attached hydrogen (secondary N) is 1. The fraction of sp³-hybridized carbons (Fsp3) is 0.143. The third-order valence-electron chi connectivity index (χ3n) is 2.66. The number of carbonyl (C=O) groups is 1. The Morgan fingerprint density at radius 3 is 2.89 bits per heavy atom. The summed E-state index contributed by atoms with van der Waals surface area (Å²) in [6.45, 7) is 2.35. The van der Waals surface area contributed by atoms with Crippen molar-refractivity contribution in [2.75, 3.05) is 5.32 Å². The number of anilines is 1. The van der Waals surface area contributed by atoms with E-state index >= 15 is 0 Å². The number of benzene rings is 1. The summed E-state index contributed by atoms with van der Waals surface area (Å²) in [4.78, 5) is 14.6. The molecule has 1 aromatic heterocycles. The Balaban J connectivity index is 2.16. The molecule has 4 nitrogen and oxygen atoms in total. The number of hydrogen-bond donors (Lipinski definition) is 2. The molecule has 1 aromatic carbocycles. The SMILES string of the molecule is Cc1cccc(CNc2nccc(C(=O)O)c2F)c1. The third-order valence-corrected chi connectivity index (χ3v) is 2.66. The van der Waals surface area contributed by atoms with Crippen molar-refractivity contribution < 1.29 is 14.3 Å². The van der Waals surface area contributed by atoms with Crippen LogP contribution in [0.1, 0.15) is 21.5 Å². The zero-order valence-corrected chi connectivity index (χ0v) is 10.4. The average Bonchev–Trinajstić information content (AvgIpc) is 2.37. The molecule has 0 unspecified atom stereocenters. The Labute approximate surface area is 109 Å². The predicted molar refractivity (Wildman–Crippen MR) is 69.7 cm³/mol. The number of hydrogen-bond acceptors (Lipinski definition) is 3. The van der Waals surface area contributed by atoms with Crippen LogP contribution in [0.25, 0.3) is 0 Å². The molecule has 0 saturated carbocycles. The fourth-order valence-corrected chi connectivity index (χ4v) is 1.74. The minimum Gasteiger partial charge on any atom is -0.478 e. The molecule has 98 valence electrons. The summed E-state index contributed by atoms with van der Waals surface area (Å²) in [5.74, 6) is -2.21. The van der Waals surface area contributed by atoms with Gasteiger partial charge in [-0.2, -0.15) is 0 Å². The molecule has 2 rings (SSSR count). The van der Waals surface area contributed by atoms with Gasteiger partial charge in [0.2, 0.25) is 0 Å². The molecule has 0 radical (unpaired) electrons. The minimum absolute atomic E-state index is 0.0543. The van der Waals surface area contributed by atoms with Crippen LogP contribution in [0.4, 0.5) is 10.2 Å². The van der Waals surface area contributed by atoms with Crippen molar-refractivity contribution in [2.24, 2.45) is 0 Å². The lowest BCUT2D eigenvalue weighted by Gasteiger charge is -2.08. The summed E-state index contributed by atoms with van der Waals surface area (Å²) in [6, 6.07) is 8.87. The van der Waals surface area contributed by atoms with E-state index in [1.807, 2.05) is 31.2 Å². The Kier molecular flexibility index (Phi) is 3.75. The quantitative estimate of drug-likeness (QED) is 0.887. The topological polar surface area (TPSA) is 62.2 Å². The van der Waals surface area contributed by atoms with E-state index in [1.54, 1.807) is 0 Å². The number of carboxylic acids is 1. The predicted octanol–water partition coefficient (Wildman–Crippen LogP) is 2.84. The van der Waals surface area contributed by atoms with E-state index in [9.17, 15) is 9.18 Å². The number of aryl methyl sites for hydroxylation is 1. The molecular formula is C14H13FN2O2. The number of pyridine rings is 1. The van der Waals surface area contributed by atoms with Crippen molar-refractivity contribution >= 4 is 11.8 Å². The Hall–Kier alpha value is -2.43. The molecule has 5 heteroatoms. The van der Waals surface area contributed by atoms with Gasteiger partial charge in [-0.1, -0.05) is 29.8 Å². The lowest BCUT2D eigenvalue weighted by atomic mass is 10.1. The van der Waals surface area contributed by atoms with Gasteiger partial charge in [0.25, 0.3) is 0 Å². The van der Waals surface area contributed by atoms with Crippen LogP contribution in [0, 0.1) is 12.7 Å². The van der Waals surface area contributed by atoms with Crippen LogP contribution in [0.5, 0.6) is 0 Å². The van der Waals surface area contributed by atoms with E-state index in [4.69, 9.17) is 5.11 Å². The summed E-state index contributed by atoms with van der Waals surface area (Å²) >= 11 is 0. The molecule has 0 saturated heterocycles. The smallest absolute Gasteiger partial charge is 0.338 e. The first-order valence-electron chi connectivity index (χ1n) is 5.75. The largest absolute Gasteiger partial charge is 0.478 e. The van der Waals surface area contributed by atoms with Gasteiger partial charge in [0.15, 0.2) is 11.6 Å². The Morgan fingerprint density at radius 1 is 1.42 bits per heavy atom. The van der Waals surface area contributed by atoms with Gasteiger partial charge in [-0.15, -0.1) is 0 Å². The maximum Gasteiger partial charge on any atom is 0.338 e. The zero-order valence-electron chi connectivity index (χ0n) is 10.4. The Bertz CT molecular complexity index is 614. The number of carboxylic acid groups (broad SMARTS) is 1. The standard InChI is InChI=1S/C14H13FN2O2/c1-9-3-2-4-10(7-9)8-17-13-12(15)11(14(18)19)5-6-16-13/h2-7H,8H2,1H3,(H,16,17)(H,18,19). The van der Waals surface area contributed by atoms with Crippen LogP contribution in [-0.2, 0) is 6.54 Å². The van der Waals surface area contributed by atoms with Gasteiger partial charge in [-0.3, -0.25) is 0 Å². The lowest BCUT2D eigenvalue weighted by Crippen LogP contribution is -2.08. The van der Waals surface area contributed by atoms with Gasteiger partial charge in [-0.05, 0) is 18.6 Å². The van der Waals surface area contributed by atoms with Crippen LogP contribution in [-0.4, -0.2) is 16.1 Å². The van der Waals surface area contributed by atoms with Crippen molar-refractivity contribution in [3.63, 3.8) is 0 Å².